The summed E-state index contributed by atoms with van der Waals surface area (Å²) in [5.74, 6) is 0. The predicted octanol–water partition coefficient (Wildman–Crippen LogP) is 3.71. The molecule has 2 atom stereocenters. The highest BCUT2D eigenvalue weighted by molar-refractivity contribution is 7.80. The van der Waals surface area contributed by atoms with Gasteiger partial charge in [0.05, 0.1) is 24.4 Å². The molecule has 6 nitrogen and oxygen atoms in total. The molecular formula is C23H27N5OS. The second-order valence-electron chi connectivity index (χ2n) is 7.58. The molecular weight excluding hydrogens is 394 g/mol. The van der Waals surface area contributed by atoms with E-state index in [4.69, 9.17) is 17.0 Å². The van der Waals surface area contributed by atoms with Crippen molar-refractivity contribution in [3.63, 3.8) is 0 Å². The number of nitrogens with zero attached hydrogens (tertiary/aromatic N) is 4. The number of hydrogen-bond acceptors (Lipinski definition) is 4. The molecule has 1 aliphatic heterocycles. The van der Waals surface area contributed by atoms with Crippen LogP contribution < -0.4 is 5.32 Å². The molecule has 4 heterocycles. The van der Waals surface area contributed by atoms with Crippen LogP contribution in [-0.2, 0) is 17.8 Å². The van der Waals surface area contributed by atoms with Crippen molar-refractivity contribution < 1.29 is 4.74 Å². The number of rotatable bonds is 7. The minimum atomic E-state index is -0.0167. The predicted molar refractivity (Wildman–Crippen MR) is 121 cm³/mol. The number of ether oxygens (including phenoxy) is 1. The Hall–Kier alpha value is -2.77. The molecule has 3 aromatic heterocycles. The zero-order valence-corrected chi connectivity index (χ0v) is 18.4. The Morgan fingerprint density at radius 1 is 1.13 bits per heavy atom. The number of hydrogen-bond donors (Lipinski definition) is 1. The van der Waals surface area contributed by atoms with E-state index in [1.54, 1.807) is 7.11 Å². The van der Waals surface area contributed by atoms with E-state index in [9.17, 15) is 0 Å². The van der Waals surface area contributed by atoms with Gasteiger partial charge in [-0.25, -0.2) is 0 Å². The molecule has 0 aliphatic carbocycles. The number of aromatic nitrogens is 3. The van der Waals surface area contributed by atoms with Crippen molar-refractivity contribution in [3.8, 4) is 0 Å². The van der Waals surface area contributed by atoms with E-state index >= 15 is 0 Å². The van der Waals surface area contributed by atoms with Gasteiger partial charge in [-0.2, -0.15) is 0 Å². The maximum Gasteiger partial charge on any atom is 0.170 e. The van der Waals surface area contributed by atoms with Crippen LogP contribution in [0.25, 0.3) is 0 Å². The van der Waals surface area contributed by atoms with Crippen molar-refractivity contribution in [2.45, 2.75) is 39.0 Å². The highest BCUT2D eigenvalue weighted by atomic mass is 32.1. The molecule has 1 fully saturated rings. The summed E-state index contributed by atoms with van der Waals surface area (Å²) in [4.78, 5) is 11.0. The van der Waals surface area contributed by atoms with Gasteiger partial charge in [0.25, 0.3) is 0 Å². The third-order valence-electron chi connectivity index (χ3n) is 5.75. The fourth-order valence-electron chi connectivity index (χ4n) is 4.25. The first-order valence-electron chi connectivity index (χ1n) is 10.1. The quantitative estimate of drug-likeness (QED) is 0.587. The number of thiocarbonyl (C=S) groups is 1. The van der Waals surface area contributed by atoms with Gasteiger partial charge < -0.3 is 19.5 Å². The van der Waals surface area contributed by atoms with Gasteiger partial charge in [0.2, 0.25) is 0 Å². The summed E-state index contributed by atoms with van der Waals surface area (Å²) < 4.78 is 7.64. The van der Waals surface area contributed by atoms with Gasteiger partial charge >= 0.3 is 0 Å². The average Bonchev–Trinajstić information content (AvgIpc) is 3.23. The molecule has 7 heteroatoms. The summed E-state index contributed by atoms with van der Waals surface area (Å²) in [6, 6.07) is 12.4. The van der Waals surface area contributed by atoms with Crippen LogP contribution in [0.1, 0.15) is 40.3 Å². The lowest BCUT2D eigenvalue weighted by atomic mass is 9.96. The van der Waals surface area contributed by atoms with Crippen molar-refractivity contribution in [2.24, 2.45) is 0 Å². The Morgan fingerprint density at radius 2 is 1.93 bits per heavy atom. The van der Waals surface area contributed by atoms with Gasteiger partial charge in [0, 0.05) is 50.2 Å². The molecule has 4 rings (SSSR count). The summed E-state index contributed by atoms with van der Waals surface area (Å²) in [6.07, 6.45) is 5.48. The number of methoxy groups -OCH3 is 1. The van der Waals surface area contributed by atoms with Gasteiger partial charge in [-0.1, -0.05) is 6.07 Å². The van der Waals surface area contributed by atoms with Crippen LogP contribution in [0.15, 0.2) is 55.0 Å². The molecule has 30 heavy (non-hydrogen) atoms. The lowest BCUT2D eigenvalue weighted by Crippen LogP contribution is -2.29. The van der Waals surface area contributed by atoms with E-state index in [1.165, 1.54) is 22.5 Å². The molecule has 0 amide bonds. The van der Waals surface area contributed by atoms with E-state index in [0.29, 0.717) is 13.2 Å². The summed E-state index contributed by atoms with van der Waals surface area (Å²) in [6.45, 7) is 6.55. The number of nitrogens with one attached hydrogen (secondary N) is 1. The smallest absolute Gasteiger partial charge is 0.170 e. The van der Waals surface area contributed by atoms with E-state index in [2.05, 4.69) is 50.7 Å². The summed E-state index contributed by atoms with van der Waals surface area (Å²) in [5.41, 5.74) is 5.89. The fraction of sp³-hybridized carbons (Fsp3) is 0.348. The average molecular weight is 422 g/mol. The first kappa shape index (κ1) is 20.5. The molecule has 0 spiro atoms. The fourth-order valence-corrected chi connectivity index (χ4v) is 4.56. The first-order chi connectivity index (χ1) is 14.6. The Labute approximate surface area is 182 Å². The second kappa shape index (κ2) is 8.93. The van der Waals surface area contributed by atoms with Crippen LogP contribution in [0.4, 0.5) is 0 Å². The molecule has 1 N–H and O–H groups in total. The zero-order chi connectivity index (χ0) is 21.1. The van der Waals surface area contributed by atoms with Crippen LogP contribution in [0.5, 0.6) is 0 Å². The molecule has 0 unspecified atom stereocenters. The lowest BCUT2D eigenvalue weighted by Gasteiger charge is -2.28. The van der Waals surface area contributed by atoms with Gasteiger partial charge in [-0.05, 0) is 67.5 Å². The lowest BCUT2D eigenvalue weighted by molar-refractivity contribution is 0.186. The molecule has 1 saturated heterocycles. The van der Waals surface area contributed by atoms with E-state index in [-0.39, 0.29) is 12.1 Å². The van der Waals surface area contributed by atoms with E-state index in [0.717, 1.165) is 17.4 Å². The molecule has 0 radical (unpaired) electrons. The SMILES string of the molecule is COCCn1c(C)cc([C@H]2[C@@H](c3ccccn3)NC(=S)N2Cc2ccncc2)c1C. The van der Waals surface area contributed by atoms with Crippen molar-refractivity contribution in [1.82, 2.24) is 24.8 Å². The van der Waals surface area contributed by atoms with E-state index in [1.807, 2.05) is 42.9 Å². The maximum atomic E-state index is 5.79. The third-order valence-corrected chi connectivity index (χ3v) is 6.10. The van der Waals surface area contributed by atoms with Crippen molar-refractivity contribution in [2.75, 3.05) is 13.7 Å². The maximum absolute atomic E-state index is 5.79. The van der Waals surface area contributed by atoms with Gasteiger partial charge in [0.15, 0.2) is 5.11 Å². The van der Waals surface area contributed by atoms with Crippen molar-refractivity contribution in [1.29, 1.82) is 0 Å². The van der Waals surface area contributed by atoms with Crippen LogP contribution in [0, 0.1) is 13.8 Å². The normalized spacial score (nSPS) is 18.6. The monoisotopic (exact) mass is 421 g/mol. The zero-order valence-electron chi connectivity index (χ0n) is 17.6. The molecule has 0 aromatic carbocycles. The van der Waals surface area contributed by atoms with Crippen LogP contribution in [0.3, 0.4) is 0 Å². The standard InChI is InChI=1S/C23H27N5OS/c1-16-14-19(17(2)27(16)12-13-29-3)22-21(20-6-4-5-9-25-20)26-23(30)28(22)15-18-7-10-24-11-8-18/h4-11,14,21-22H,12-13,15H2,1-3H3,(H,26,30)/t21-,22+/m1/s1. The number of aryl methyl sites for hydroxylation is 1. The van der Waals surface area contributed by atoms with E-state index < -0.39 is 0 Å². The summed E-state index contributed by atoms with van der Waals surface area (Å²) >= 11 is 5.79. The summed E-state index contributed by atoms with van der Waals surface area (Å²) in [5, 5.41) is 4.28. The Kier molecular flexibility index (Phi) is 6.11. The minimum absolute atomic E-state index is 0.0167. The summed E-state index contributed by atoms with van der Waals surface area (Å²) in [7, 11) is 1.74. The largest absolute Gasteiger partial charge is 0.383 e. The number of pyridine rings is 2. The first-order valence-corrected chi connectivity index (χ1v) is 10.5. The molecule has 0 bridgehead atoms. The Bertz CT molecular complexity index is 1010. The van der Waals surface area contributed by atoms with Crippen LogP contribution >= 0.6 is 12.2 Å². The molecule has 1 aliphatic rings. The van der Waals surface area contributed by atoms with Gasteiger partial charge in [0.1, 0.15) is 0 Å². The second-order valence-corrected chi connectivity index (χ2v) is 7.97. The molecule has 0 saturated carbocycles. The van der Waals surface area contributed by atoms with Gasteiger partial charge in [-0.15, -0.1) is 0 Å². The Morgan fingerprint density at radius 3 is 2.63 bits per heavy atom. The molecule has 3 aromatic rings. The van der Waals surface area contributed by atoms with Crippen LogP contribution in [0.2, 0.25) is 0 Å². The molecule has 156 valence electrons. The van der Waals surface area contributed by atoms with Crippen molar-refractivity contribution >= 4 is 17.3 Å². The van der Waals surface area contributed by atoms with Crippen LogP contribution in [-0.4, -0.2) is 38.3 Å². The van der Waals surface area contributed by atoms with Crippen molar-refractivity contribution in [3.05, 3.63) is 83.2 Å². The topological polar surface area (TPSA) is 55.2 Å². The highest BCUT2D eigenvalue weighted by Crippen LogP contribution is 2.41. The Balaban J connectivity index is 1.76. The third kappa shape index (κ3) is 3.95. The minimum Gasteiger partial charge on any atom is -0.383 e. The van der Waals surface area contributed by atoms with Gasteiger partial charge in [-0.3, -0.25) is 9.97 Å². The highest BCUT2D eigenvalue weighted by Gasteiger charge is 2.41.